The lowest BCUT2D eigenvalue weighted by molar-refractivity contribution is 0.0762. The lowest BCUT2D eigenvalue weighted by Crippen LogP contribution is -2.31. The van der Waals surface area contributed by atoms with Crippen LogP contribution < -0.4 is 0 Å². The zero-order chi connectivity index (χ0) is 14.4. The van der Waals surface area contributed by atoms with Crippen molar-refractivity contribution in [2.45, 2.75) is 26.7 Å². The number of rotatable bonds is 6. The Kier molecular flexibility index (Phi) is 4.87. The maximum Gasteiger partial charge on any atom is 0.253 e. The number of hydrogen-bond donors (Lipinski definition) is 0. The van der Waals surface area contributed by atoms with E-state index in [1.54, 1.807) is 11.0 Å². The summed E-state index contributed by atoms with van der Waals surface area (Å²) in [5.74, 6) is 0.0890. The van der Waals surface area contributed by atoms with Gasteiger partial charge in [0.05, 0.1) is 5.69 Å². The van der Waals surface area contributed by atoms with Gasteiger partial charge in [0.25, 0.3) is 5.91 Å². The van der Waals surface area contributed by atoms with E-state index in [-0.39, 0.29) is 5.91 Å². The standard InChI is InChI=1S/C15H20N4O/c1-3-5-10-18(4-2)15(20)13-6-8-14(9-7-13)19-12-16-11-17-19/h6-9,11-12H,3-5,10H2,1-2H3. The molecular weight excluding hydrogens is 252 g/mol. The van der Waals surface area contributed by atoms with Crippen molar-refractivity contribution in [3.63, 3.8) is 0 Å². The molecule has 2 aromatic rings. The molecule has 0 aliphatic rings. The van der Waals surface area contributed by atoms with Gasteiger partial charge in [0.2, 0.25) is 0 Å². The van der Waals surface area contributed by atoms with Crippen molar-refractivity contribution in [2.75, 3.05) is 13.1 Å². The molecule has 0 fully saturated rings. The first-order valence-electron chi connectivity index (χ1n) is 7.00. The second kappa shape index (κ2) is 6.84. The van der Waals surface area contributed by atoms with E-state index in [1.807, 2.05) is 36.1 Å². The topological polar surface area (TPSA) is 51.0 Å². The van der Waals surface area contributed by atoms with E-state index in [9.17, 15) is 4.79 Å². The molecule has 0 bridgehead atoms. The average Bonchev–Trinajstić information content (AvgIpc) is 3.02. The number of aromatic nitrogens is 3. The van der Waals surface area contributed by atoms with Gasteiger partial charge in [-0.1, -0.05) is 13.3 Å². The fraction of sp³-hybridized carbons (Fsp3) is 0.400. The lowest BCUT2D eigenvalue weighted by atomic mass is 10.1. The van der Waals surface area contributed by atoms with Gasteiger partial charge in [-0.3, -0.25) is 4.79 Å². The highest BCUT2D eigenvalue weighted by Crippen LogP contribution is 2.11. The third kappa shape index (κ3) is 3.23. The highest BCUT2D eigenvalue weighted by molar-refractivity contribution is 5.94. The second-order valence-electron chi connectivity index (χ2n) is 4.63. The summed E-state index contributed by atoms with van der Waals surface area (Å²) >= 11 is 0. The summed E-state index contributed by atoms with van der Waals surface area (Å²) in [6.45, 7) is 5.70. The van der Waals surface area contributed by atoms with Crippen molar-refractivity contribution in [3.8, 4) is 5.69 Å². The van der Waals surface area contributed by atoms with Crippen LogP contribution in [0.2, 0.25) is 0 Å². The summed E-state index contributed by atoms with van der Waals surface area (Å²) in [4.78, 5) is 18.2. The van der Waals surface area contributed by atoms with Crippen molar-refractivity contribution < 1.29 is 4.79 Å². The number of unbranched alkanes of at least 4 members (excludes halogenated alkanes) is 1. The van der Waals surface area contributed by atoms with Crippen molar-refractivity contribution in [3.05, 3.63) is 42.5 Å². The van der Waals surface area contributed by atoms with Crippen LogP contribution in [0.5, 0.6) is 0 Å². The van der Waals surface area contributed by atoms with Crippen LogP contribution in [0, 0.1) is 0 Å². The van der Waals surface area contributed by atoms with Crippen LogP contribution in [0.25, 0.3) is 5.69 Å². The molecule has 0 aliphatic heterocycles. The van der Waals surface area contributed by atoms with E-state index in [4.69, 9.17) is 0 Å². The maximum atomic E-state index is 12.4. The van der Waals surface area contributed by atoms with Gasteiger partial charge in [0, 0.05) is 18.7 Å². The highest BCUT2D eigenvalue weighted by atomic mass is 16.2. The number of carbonyl (C=O) groups is 1. The molecule has 1 aromatic carbocycles. The van der Waals surface area contributed by atoms with E-state index in [0.29, 0.717) is 5.56 Å². The van der Waals surface area contributed by atoms with Gasteiger partial charge in [0.1, 0.15) is 12.7 Å². The summed E-state index contributed by atoms with van der Waals surface area (Å²) in [7, 11) is 0. The predicted molar refractivity (Wildman–Crippen MR) is 77.8 cm³/mol. The van der Waals surface area contributed by atoms with Crippen molar-refractivity contribution in [1.82, 2.24) is 19.7 Å². The van der Waals surface area contributed by atoms with Crippen molar-refractivity contribution in [1.29, 1.82) is 0 Å². The largest absolute Gasteiger partial charge is 0.339 e. The monoisotopic (exact) mass is 272 g/mol. The summed E-state index contributed by atoms with van der Waals surface area (Å²) in [5, 5.41) is 4.06. The van der Waals surface area contributed by atoms with Gasteiger partial charge >= 0.3 is 0 Å². The van der Waals surface area contributed by atoms with Gasteiger partial charge in [-0.15, -0.1) is 0 Å². The van der Waals surface area contributed by atoms with Gasteiger partial charge in [0.15, 0.2) is 0 Å². The van der Waals surface area contributed by atoms with Crippen LogP contribution in [0.3, 0.4) is 0 Å². The van der Waals surface area contributed by atoms with Crippen LogP contribution in [-0.2, 0) is 0 Å². The zero-order valence-corrected chi connectivity index (χ0v) is 12.0. The molecule has 106 valence electrons. The Bertz CT molecular complexity index is 534. The Morgan fingerprint density at radius 3 is 2.55 bits per heavy atom. The van der Waals surface area contributed by atoms with Gasteiger partial charge in [-0.05, 0) is 37.6 Å². The fourth-order valence-electron chi connectivity index (χ4n) is 2.03. The summed E-state index contributed by atoms with van der Waals surface area (Å²) < 4.78 is 1.67. The van der Waals surface area contributed by atoms with Crippen LogP contribution in [0.15, 0.2) is 36.9 Å². The Morgan fingerprint density at radius 2 is 2.00 bits per heavy atom. The SMILES string of the molecule is CCCCN(CC)C(=O)c1ccc(-n2cncn2)cc1. The normalized spacial score (nSPS) is 10.5. The number of carbonyl (C=O) groups excluding carboxylic acids is 1. The molecule has 0 unspecified atom stereocenters. The first-order valence-corrected chi connectivity index (χ1v) is 7.00. The van der Waals surface area contributed by atoms with Crippen molar-refractivity contribution in [2.24, 2.45) is 0 Å². The maximum absolute atomic E-state index is 12.4. The minimum absolute atomic E-state index is 0.0890. The molecule has 0 spiro atoms. The zero-order valence-electron chi connectivity index (χ0n) is 12.0. The second-order valence-corrected chi connectivity index (χ2v) is 4.63. The van der Waals surface area contributed by atoms with E-state index >= 15 is 0 Å². The summed E-state index contributed by atoms with van der Waals surface area (Å²) in [6.07, 6.45) is 5.25. The summed E-state index contributed by atoms with van der Waals surface area (Å²) in [5.41, 5.74) is 1.61. The molecule has 5 nitrogen and oxygen atoms in total. The number of amides is 1. The highest BCUT2D eigenvalue weighted by Gasteiger charge is 2.13. The molecule has 1 amide bonds. The molecule has 0 radical (unpaired) electrons. The third-order valence-corrected chi connectivity index (χ3v) is 3.25. The van der Waals surface area contributed by atoms with E-state index in [2.05, 4.69) is 17.0 Å². The molecule has 0 aliphatic carbocycles. The molecule has 2 rings (SSSR count). The molecule has 5 heteroatoms. The van der Waals surface area contributed by atoms with Crippen LogP contribution in [-0.4, -0.2) is 38.7 Å². The molecule has 1 heterocycles. The Hall–Kier alpha value is -2.17. The van der Waals surface area contributed by atoms with E-state index < -0.39 is 0 Å². The van der Waals surface area contributed by atoms with Gasteiger partial charge < -0.3 is 4.90 Å². The molecular formula is C15H20N4O. The smallest absolute Gasteiger partial charge is 0.253 e. The van der Waals surface area contributed by atoms with Crippen LogP contribution >= 0.6 is 0 Å². The minimum Gasteiger partial charge on any atom is -0.339 e. The van der Waals surface area contributed by atoms with E-state index in [0.717, 1.165) is 31.6 Å². The quantitative estimate of drug-likeness (QED) is 0.812. The third-order valence-electron chi connectivity index (χ3n) is 3.25. The summed E-state index contributed by atoms with van der Waals surface area (Å²) in [6, 6.07) is 7.45. The van der Waals surface area contributed by atoms with Crippen molar-refractivity contribution >= 4 is 5.91 Å². The average molecular weight is 272 g/mol. The molecule has 1 aromatic heterocycles. The van der Waals surface area contributed by atoms with Gasteiger partial charge in [-0.25, -0.2) is 9.67 Å². The minimum atomic E-state index is 0.0890. The number of nitrogens with zero attached hydrogens (tertiary/aromatic N) is 4. The number of hydrogen-bond acceptors (Lipinski definition) is 3. The van der Waals surface area contributed by atoms with Crippen LogP contribution in [0.4, 0.5) is 0 Å². The Morgan fingerprint density at radius 1 is 1.25 bits per heavy atom. The number of benzene rings is 1. The first kappa shape index (κ1) is 14.2. The molecule has 0 saturated heterocycles. The first-order chi connectivity index (χ1) is 9.76. The lowest BCUT2D eigenvalue weighted by Gasteiger charge is -2.20. The fourth-order valence-corrected chi connectivity index (χ4v) is 2.03. The van der Waals surface area contributed by atoms with Gasteiger partial charge in [-0.2, -0.15) is 5.10 Å². The Labute approximate surface area is 119 Å². The van der Waals surface area contributed by atoms with E-state index in [1.165, 1.54) is 6.33 Å². The predicted octanol–water partition coefficient (Wildman–Crippen LogP) is 2.53. The van der Waals surface area contributed by atoms with Crippen LogP contribution in [0.1, 0.15) is 37.0 Å². The Balaban J connectivity index is 2.10. The molecule has 0 atom stereocenters. The molecule has 20 heavy (non-hydrogen) atoms. The molecule has 0 N–H and O–H groups in total. The molecule has 0 saturated carbocycles.